The molecule has 2 aromatic heterocycles. The van der Waals surface area contributed by atoms with Crippen LogP contribution >= 0.6 is 11.3 Å². The number of hydrogen-bond donors (Lipinski definition) is 0. The second-order valence-electron chi connectivity index (χ2n) is 6.10. The highest BCUT2D eigenvalue weighted by atomic mass is 32.1. The molecule has 1 aliphatic rings. The Morgan fingerprint density at radius 2 is 1.91 bits per heavy atom. The second-order valence-corrected chi connectivity index (χ2v) is 7.13. The molecule has 0 aromatic carbocycles. The first kappa shape index (κ1) is 16.1. The zero-order valence-electron chi connectivity index (χ0n) is 13.6. The lowest BCUT2D eigenvalue weighted by Gasteiger charge is -2.34. The maximum Gasteiger partial charge on any atom is 0.265 e. The van der Waals surface area contributed by atoms with E-state index in [0.29, 0.717) is 21.8 Å². The molecule has 0 atom stereocenters. The van der Waals surface area contributed by atoms with Gasteiger partial charge in [0.25, 0.3) is 5.91 Å². The van der Waals surface area contributed by atoms with Crippen LogP contribution in [-0.2, 0) is 0 Å². The third-order valence-electron chi connectivity index (χ3n) is 4.74. The first-order valence-corrected chi connectivity index (χ1v) is 9.01. The van der Waals surface area contributed by atoms with Gasteiger partial charge in [0, 0.05) is 25.5 Å². The van der Waals surface area contributed by atoms with E-state index in [0.717, 1.165) is 18.8 Å². The molecule has 23 heavy (non-hydrogen) atoms. The number of rotatable bonds is 4. The van der Waals surface area contributed by atoms with Gasteiger partial charge < -0.3 is 4.90 Å². The fraction of sp³-hybridized carbons (Fsp3) is 0.529. The lowest BCUT2D eigenvalue weighted by molar-refractivity contribution is 0.0679. The van der Waals surface area contributed by atoms with Crippen molar-refractivity contribution in [3.8, 4) is 10.8 Å². The Morgan fingerprint density at radius 1 is 1.22 bits per heavy atom. The molecule has 2 heterocycles. The van der Waals surface area contributed by atoms with E-state index in [1.54, 1.807) is 24.7 Å². The highest BCUT2D eigenvalue weighted by Gasteiger charge is 2.27. The van der Waals surface area contributed by atoms with Crippen molar-refractivity contribution in [2.24, 2.45) is 5.92 Å². The molecule has 122 valence electrons. The summed E-state index contributed by atoms with van der Waals surface area (Å²) in [5, 5.41) is 0.692. The highest BCUT2D eigenvalue weighted by Crippen LogP contribution is 2.30. The molecule has 0 spiro atoms. The topological polar surface area (TPSA) is 59.0 Å². The SMILES string of the molecule is CCC1CCC(N(C)C(=O)c2cnc(-c3ncccn3)s2)CC1. The summed E-state index contributed by atoms with van der Waals surface area (Å²) in [6.07, 6.45) is 10.9. The van der Waals surface area contributed by atoms with E-state index in [4.69, 9.17) is 0 Å². The van der Waals surface area contributed by atoms with Crippen LogP contribution < -0.4 is 0 Å². The van der Waals surface area contributed by atoms with Crippen LogP contribution in [0.25, 0.3) is 10.8 Å². The summed E-state index contributed by atoms with van der Waals surface area (Å²) in [6, 6.07) is 2.12. The largest absolute Gasteiger partial charge is 0.338 e. The van der Waals surface area contributed by atoms with E-state index in [1.807, 2.05) is 11.9 Å². The van der Waals surface area contributed by atoms with Crippen LogP contribution in [0.1, 0.15) is 48.7 Å². The summed E-state index contributed by atoms with van der Waals surface area (Å²) >= 11 is 1.36. The van der Waals surface area contributed by atoms with Crippen LogP contribution in [-0.4, -0.2) is 38.8 Å². The number of carbonyl (C=O) groups is 1. The van der Waals surface area contributed by atoms with E-state index in [1.165, 1.54) is 30.6 Å². The van der Waals surface area contributed by atoms with Gasteiger partial charge in [0.2, 0.25) is 0 Å². The molecule has 0 unspecified atom stereocenters. The van der Waals surface area contributed by atoms with Crippen molar-refractivity contribution in [2.75, 3.05) is 7.05 Å². The predicted molar refractivity (Wildman–Crippen MR) is 91.3 cm³/mol. The molecule has 6 heteroatoms. The average molecular weight is 330 g/mol. The van der Waals surface area contributed by atoms with Crippen LogP contribution in [0.5, 0.6) is 0 Å². The van der Waals surface area contributed by atoms with Gasteiger partial charge in [0.05, 0.1) is 6.20 Å². The third kappa shape index (κ3) is 3.58. The molecule has 1 aliphatic carbocycles. The second kappa shape index (κ2) is 7.17. The van der Waals surface area contributed by atoms with Crippen LogP contribution in [0.3, 0.4) is 0 Å². The molecule has 5 nitrogen and oxygen atoms in total. The average Bonchev–Trinajstić information content (AvgIpc) is 3.11. The number of thiazole rings is 1. The van der Waals surface area contributed by atoms with Crippen molar-refractivity contribution < 1.29 is 4.79 Å². The van der Waals surface area contributed by atoms with Gasteiger partial charge in [-0.25, -0.2) is 15.0 Å². The summed E-state index contributed by atoms with van der Waals surface area (Å²) in [6.45, 7) is 2.25. The minimum absolute atomic E-state index is 0.0598. The van der Waals surface area contributed by atoms with Crippen molar-refractivity contribution in [1.29, 1.82) is 0 Å². The maximum absolute atomic E-state index is 12.7. The first-order valence-electron chi connectivity index (χ1n) is 8.19. The minimum Gasteiger partial charge on any atom is -0.338 e. The Balaban J connectivity index is 1.67. The fourth-order valence-electron chi connectivity index (χ4n) is 3.17. The van der Waals surface area contributed by atoms with Crippen LogP contribution in [0.4, 0.5) is 0 Å². The van der Waals surface area contributed by atoms with Gasteiger partial charge >= 0.3 is 0 Å². The van der Waals surface area contributed by atoms with E-state index in [2.05, 4.69) is 21.9 Å². The first-order chi connectivity index (χ1) is 11.2. The predicted octanol–water partition coefficient (Wildman–Crippen LogP) is 3.64. The van der Waals surface area contributed by atoms with Crippen LogP contribution in [0, 0.1) is 5.92 Å². The summed E-state index contributed by atoms with van der Waals surface area (Å²) in [4.78, 5) is 27.9. The normalized spacial score (nSPS) is 21.1. The summed E-state index contributed by atoms with van der Waals surface area (Å²) in [5.74, 6) is 1.47. The van der Waals surface area contributed by atoms with Gasteiger partial charge in [-0.3, -0.25) is 4.79 Å². The van der Waals surface area contributed by atoms with Crippen molar-refractivity contribution in [2.45, 2.75) is 45.1 Å². The zero-order valence-corrected chi connectivity index (χ0v) is 14.4. The Labute approximate surface area is 140 Å². The van der Waals surface area contributed by atoms with Gasteiger partial charge in [0.1, 0.15) is 4.88 Å². The molecule has 1 amide bonds. The molecule has 0 N–H and O–H groups in total. The summed E-state index contributed by atoms with van der Waals surface area (Å²) in [7, 11) is 1.91. The monoisotopic (exact) mass is 330 g/mol. The maximum atomic E-state index is 12.7. The Morgan fingerprint density at radius 3 is 2.57 bits per heavy atom. The quantitative estimate of drug-likeness (QED) is 0.859. The number of amides is 1. The standard InChI is InChI=1S/C17H22N4OS/c1-3-12-5-7-13(8-6-12)21(2)17(22)14-11-20-16(23-14)15-18-9-4-10-19-15/h4,9-13H,3,5-8H2,1-2H3. The molecular weight excluding hydrogens is 308 g/mol. The zero-order chi connectivity index (χ0) is 16.2. The van der Waals surface area contributed by atoms with Gasteiger partial charge in [-0.05, 0) is 37.7 Å². The number of nitrogens with zero attached hydrogens (tertiary/aromatic N) is 4. The van der Waals surface area contributed by atoms with Crippen LogP contribution in [0.15, 0.2) is 24.7 Å². The Hall–Kier alpha value is -1.82. The minimum atomic E-state index is 0.0598. The van der Waals surface area contributed by atoms with Crippen molar-refractivity contribution >= 4 is 17.2 Å². The molecule has 0 radical (unpaired) electrons. The van der Waals surface area contributed by atoms with Gasteiger partial charge in [-0.15, -0.1) is 11.3 Å². The van der Waals surface area contributed by atoms with E-state index in [9.17, 15) is 4.79 Å². The van der Waals surface area contributed by atoms with Crippen molar-refractivity contribution in [1.82, 2.24) is 19.9 Å². The molecule has 2 aromatic rings. The summed E-state index contributed by atoms with van der Waals surface area (Å²) < 4.78 is 0. The van der Waals surface area contributed by atoms with Gasteiger partial charge in [-0.1, -0.05) is 13.3 Å². The van der Waals surface area contributed by atoms with Crippen molar-refractivity contribution in [3.63, 3.8) is 0 Å². The lowest BCUT2D eigenvalue weighted by atomic mass is 9.84. The van der Waals surface area contributed by atoms with Crippen LogP contribution in [0.2, 0.25) is 0 Å². The molecule has 1 saturated carbocycles. The van der Waals surface area contributed by atoms with E-state index < -0.39 is 0 Å². The Bertz CT molecular complexity index is 650. The molecule has 3 rings (SSSR count). The van der Waals surface area contributed by atoms with Crippen molar-refractivity contribution in [3.05, 3.63) is 29.5 Å². The molecule has 1 fully saturated rings. The third-order valence-corrected chi connectivity index (χ3v) is 5.72. The van der Waals surface area contributed by atoms with E-state index >= 15 is 0 Å². The number of aromatic nitrogens is 3. The molecule has 0 aliphatic heterocycles. The van der Waals surface area contributed by atoms with E-state index in [-0.39, 0.29) is 5.91 Å². The molecule has 0 bridgehead atoms. The fourth-order valence-corrected chi connectivity index (χ4v) is 4.01. The molecular formula is C17H22N4OS. The summed E-state index contributed by atoms with van der Waals surface area (Å²) in [5.41, 5.74) is 0. The Kier molecular flexibility index (Phi) is 5.00. The molecule has 0 saturated heterocycles. The lowest BCUT2D eigenvalue weighted by Crippen LogP contribution is -2.39. The number of hydrogen-bond acceptors (Lipinski definition) is 5. The smallest absolute Gasteiger partial charge is 0.265 e. The highest BCUT2D eigenvalue weighted by molar-refractivity contribution is 7.16. The van der Waals surface area contributed by atoms with Gasteiger partial charge in [0.15, 0.2) is 10.8 Å². The van der Waals surface area contributed by atoms with Gasteiger partial charge in [-0.2, -0.15) is 0 Å². The number of carbonyl (C=O) groups excluding carboxylic acids is 1.